The summed E-state index contributed by atoms with van der Waals surface area (Å²) in [5.74, 6) is -0.122. The molecule has 116 valence electrons. The fourth-order valence-corrected chi connectivity index (χ4v) is 2.50. The standard InChI is InChI=1S/C17H17N5O/c1-3-22(12(2)13-7-6-10-18-11-13)17(23)16-19-14-8-4-5-9-15(14)20-21-16/h4-12H,3H2,1-2H3/t12-/m0/s1. The van der Waals surface area contributed by atoms with E-state index in [-0.39, 0.29) is 17.8 Å². The third kappa shape index (κ3) is 3.01. The number of amides is 1. The van der Waals surface area contributed by atoms with Crippen molar-refractivity contribution in [2.75, 3.05) is 6.54 Å². The Labute approximate surface area is 134 Å². The smallest absolute Gasteiger partial charge is 0.294 e. The number of benzene rings is 1. The number of para-hydroxylation sites is 1. The first-order valence-corrected chi connectivity index (χ1v) is 7.51. The molecule has 0 radical (unpaired) electrons. The van der Waals surface area contributed by atoms with Crippen LogP contribution in [0.15, 0.2) is 48.8 Å². The third-order valence-corrected chi connectivity index (χ3v) is 3.79. The van der Waals surface area contributed by atoms with Crippen LogP contribution >= 0.6 is 0 Å². The Balaban J connectivity index is 1.92. The van der Waals surface area contributed by atoms with Crippen molar-refractivity contribution in [2.45, 2.75) is 19.9 Å². The summed E-state index contributed by atoms with van der Waals surface area (Å²) in [6.07, 6.45) is 3.48. The van der Waals surface area contributed by atoms with Crippen molar-refractivity contribution in [1.29, 1.82) is 0 Å². The Kier molecular flexibility index (Phi) is 4.23. The topological polar surface area (TPSA) is 71.9 Å². The van der Waals surface area contributed by atoms with Gasteiger partial charge in [0, 0.05) is 18.9 Å². The first-order chi connectivity index (χ1) is 11.2. The van der Waals surface area contributed by atoms with E-state index in [4.69, 9.17) is 0 Å². The van der Waals surface area contributed by atoms with E-state index in [9.17, 15) is 4.79 Å². The van der Waals surface area contributed by atoms with Crippen LogP contribution in [-0.2, 0) is 0 Å². The highest BCUT2D eigenvalue weighted by molar-refractivity contribution is 5.92. The number of rotatable bonds is 4. The zero-order valence-corrected chi connectivity index (χ0v) is 13.0. The van der Waals surface area contributed by atoms with E-state index in [1.807, 2.05) is 50.2 Å². The molecule has 1 atom stereocenters. The zero-order chi connectivity index (χ0) is 16.2. The third-order valence-electron chi connectivity index (χ3n) is 3.79. The summed E-state index contributed by atoms with van der Waals surface area (Å²) >= 11 is 0. The van der Waals surface area contributed by atoms with Gasteiger partial charge in [0.1, 0.15) is 5.52 Å². The van der Waals surface area contributed by atoms with Crippen LogP contribution in [0.4, 0.5) is 0 Å². The van der Waals surface area contributed by atoms with Gasteiger partial charge in [-0.25, -0.2) is 4.98 Å². The average Bonchev–Trinajstić information content (AvgIpc) is 2.62. The quantitative estimate of drug-likeness (QED) is 0.741. The van der Waals surface area contributed by atoms with E-state index < -0.39 is 0 Å². The average molecular weight is 307 g/mol. The highest BCUT2D eigenvalue weighted by Crippen LogP contribution is 2.20. The second-order valence-electron chi connectivity index (χ2n) is 5.18. The molecule has 0 fully saturated rings. The summed E-state index contributed by atoms with van der Waals surface area (Å²) in [7, 11) is 0. The van der Waals surface area contributed by atoms with Crippen molar-refractivity contribution < 1.29 is 4.79 Å². The van der Waals surface area contributed by atoms with Crippen LogP contribution in [-0.4, -0.2) is 37.5 Å². The molecule has 2 heterocycles. The molecule has 2 aromatic heterocycles. The molecule has 0 bridgehead atoms. The van der Waals surface area contributed by atoms with Crippen LogP contribution < -0.4 is 0 Å². The number of hydrogen-bond donors (Lipinski definition) is 0. The van der Waals surface area contributed by atoms with E-state index in [0.717, 1.165) is 5.56 Å². The number of fused-ring (bicyclic) bond motifs is 1. The fourth-order valence-electron chi connectivity index (χ4n) is 2.50. The Morgan fingerprint density at radius 1 is 1.13 bits per heavy atom. The Hall–Kier alpha value is -2.89. The first-order valence-electron chi connectivity index (χ1n) is 7.51. The molecule has 0 aliphatic carbocycles. The van der Waals surface area contributed by atoms with Crippen molar-refractivity contribution in [3.63, 3.8) is 0 Å². The van der Waals surface area contributed by atoms with Crippen LogP contribution in [0.5, 0.6) is 0 Å². The van der Waals surface area contributed by atoms with Crippen molar-refractivity contribution in [3.05, 3.63) is 60.2 Å². The van der Waals surface area contributed by atoms with E-state index in [1.165, 1.54) is 0 Å². The van der Waals surface area contributed by atoms with E-state index in [0.29, 0.717) is 17.6 Å². The van der Waals surface area contributed by atoms with Gasteiger partial charge in [-0.2, -0.15) is 0 Å². The van der Waals surface area contributed by atoms with Crippen LogP contribution in [0.1, 0.15) is 36.1 Å². The molecule has 3 rings (SSSR count). The Morgan fingerprint density at radius 3 is 2.61 bits per heavy atom. The number of aromatic nitrogens is 4. The predicted octanol–water partition coefficient (Wildman–Crippen LogP) is 2.64. The zero-order valence-electron chi connectivity index (χ0n) is 13.0. The lowest BCUT2D eigenvalue weighted by atomic mass is 10.1. The van der Waals surface area contributed by atoms with Crippen molar-refractivity contribution >= 4 is 16.9 Å². The maximum Gasteiger partial charge on any atom is 0.294 e. The molecule has 0 aliphatic heterocycles. The van der Waals surface area contributed by atoms with Gasteiger partial charge in [0.2, 0.25) is 5.82 Å². The molecule has 6 heteroatoms. The lowest BCUT2D eigenvalue weighted by Gasteiger charge is -2.27. The van der Waals surface area contributed by atoms with Crippen LogP contribution in [0.25, 0.3) is 11.0 Å². The maximum atomic E-state index is 12.8. The number of hydrogen-bond acceptors (Lipinski definition) is 5. The van der Waals surface area contributed by atoms with Crippen molar-refractivity contribution in [2.24, 2.45) is 0 Å². The number of carbonyl (C=O) groups excluding carboxylic acids is 1. The van der Waals surface area contributed by atoms with Gasteiger partial charge in [0.25, 0.3) is 5.91 Å². The SMILES string of the molecule is CCN(C(=O)c1nnc2ccccc2n1)[C@@H](C)c1cccnc1. The largest absolute Gasteiger partial charge is 0.329 e. The molecule has 0 N–H and O–H groups in total. The molecule has 0 aliphatic rings. The van der Waals surface area contributed by atoms with Gasteiger partial charge in [-0.05, 0) is 37.6 Å². The molecular weight excluding hydrogens is 290 g/mol. The molecule has 3 aromatic rings. The minimum atomic E-state index is -0.234. The summed E-state index contributed by atoms with van der Waals surface area (Å²) in [6, 6.07) is 11.1. The van der Waals surface area contributed by atoms with E-state index in [1.54, 1.807) is 17.3 Å². The molecule has 23 heavy (non-hydrogen) atoms. The molecule has 0 spiro atoms. The summed E-state index contributed by atoms with van der Waals surface area (Å²) in [4.78, 5) is 22.9. The van der Waals surface area contributed by atoms with Gasteiger partial charge in [-0.15, -0.1) is 10.2 Å². The van der Waals surface area contributed by atoms with Crippen LogP contribution in [0.2, 0.25) is 0 Å². The lowest BCUT2D eigenvalue weighted by Crippen LogP contribution is -2.34. The van der Waals surface area contributed by atoms with Gasteiger partial charge in [0.05, 0.1) is 11.6 Å². The number of carbonyl (C=O) groups is 1. The minimum absolute atomic E-state index is 0.112. The van der Waals surface area contributed by atoms with Crippen molar-refractivity contribution in [1.82, 2.24) is 25.1 Å². The summed E-state index contributed by atoms with van der Waals surface area (Å²) in [6.45, 7) is 4.44. The second kappa shape index (κ2) is 6.48. The van der Waals surface area contributed by atoms with E-state index >= 15 is 0 Å². The van der Waals surface area contributed by atoms with Gasteiger partial charge in [-0.3, -0.25) is 9.78 Å². The number of pyridine rings is 1. The predicted molar refractivity (Wildman–Crippen MR) is 86.7 cm³/mol. The van der Waals surface area contributed by atoms with Gasteiger partial charge >= 0.3 is 0 Å². The molecule has 0 saturated heterocycles. The van der Waals surface area contributed by atoms with Gasteiger partial charge < -0.3 is 4.90 Å². The Morgan fingerprint density at radius 2 is 1.91 bits per heavy atom. The Bertz CT molecular complexity index is 821. The fraction of sp³-hybridized carbons (Fsp3) is 0.235. The summed E-state index contributed by atoms with van der Waals surface area (Å²) in [5.41, 5.74) is 2.31. The van der Waals surface area contributed by atoms with Crippen LogP contribution in [0.3, 0.4) is 0 Å². The van der Waals surface area contributed by atoms with Crippen molar-refractivity contribution in [3.8, 4) is 0 Å². The number of nitrogens with zero attached hydrogens (tertiary/aromatic N) is 5. The van der Waals surface area contributed by atoms with Gasteiger partial charge in [-0.1, -0.05) is 18.2 Å². The highest BCUT2D eigenvalue weighted by atomic mass is 16.2. The summed E-state index contributed by atoms with van der Waals surface area (Å²) < 4.78 is 0. The summed E-state index contributed by atoms with van der Waals surface area (Å²) in [5, 5.41) is 8.06. The lowest BCUT2D eigenvalue weighted by molar-refractivity contribution is 0.0688. The first kappa shape index (κ1) is 15.0. The molecule has 6 nitrogen and oxygen atoms in total. The molecule has 1 aromatic carbocycles. The molecule has 1 amide bonds. The van der Waals surface area contributed by atoms with Gasteiger partial charge in [0.15, 0.2) is 0 Å². The minimum Gasteiger partial charge on any atom is -0.329 e. The van der Waals surface area contributed by atoms with E-state index in [2.05, 4.69) is 20.2 Å². The molecular formula is C17H17N5O. The maximum absolute atomic E-state index is 12.8. The monoisotopic (exact) mass is 307 g/mol. The molecule has 0 unspecified atom stereocenters. The van der Waals surface area contributed by atoms with Crippen LogP contribution in [0, 0.1) is 0 Å². The highest BCUT2D eigenvalue weighted by Gasteiger charge is 2.24. The second-order valence-corrected chi connectivity index (χ2v) is 5.18. The normalized spacial score (nSPS) is 12.1. The molecule has 0 saturated carbocycles.